The third-order valence-electron chi connectivity index (χ3n) is 8.00. The highest BCUT2D eigenvalue weighted by atomic mass is 19.1. The van der Waals surface area contributed by atoms with Gasteiger partial charge in [-0.15, -0.1) is 6.58 Å². The molecule has 0 bridgehead atoms. The molecule has 160 valence electrons. The number of halogens is 1. The second-order valence-electron chi connectivity index (χ2n) is 9.84. The molecule has 0 atom stereocenters. The zero-order valence-corrected chi connectivity index (χ0v) is 18.6. The molecule has 2 fully saturated rings. The van der Waals surface area contributed by atoms with Crippen LogP contribution in [0.5, 0.6) is 0 Å². The van der Waals surface area contributed by atoms with E-state index in [-0.39, 0.29) is 5.82 Å². The average molecular weight is 405 g/mol. The normalized spacial score (nSPS) is 27.0. The summed E-state index contributed by atoms with van der Waals surface area (Å²) < 4.78 is 13.9. The Morgan fingerprint density at radius 1 is 0.833 bits per heavy atom. The van der Waals surface area contributed by atoms with Gasteiger partial charge in [0.2, 0.25) is 0 Å². The van der Waals surface area contributed by atoms with Gasteiger partial charge in [-0.25, -0.2) is 4.39 Å². The van der Waals surface area contributed by atoms with E-state index in [1.165, 1.54) is 69.8 Å². The average Bonchev–Trinajstić information content (AvgIpc) is 2.80. The van der Waals surface area contributed by atoms with E-state index in [0.29, 0.717) is 11.5 Å². The minimum atomic E-state index is -0.121. The topological polar surface area (TPSA) is 0 Å². The lowest BCUT2D eigenvalue weighted by molar-refractivity contribution is 0.157. The molecule has 30 heavy (non-hydrogen) atoms. The largest absolute Gasteiger partial charge is 0.207 e. The molecule has 0 saturated heterocycles. The first-order chi connectivity index (χ1) is 14.6. The van der Waals surface area contributed by atoms with Crippen molar-refractivity contribution < 1.29 is 4.39 Å². The summed E-state index contributed by atoms with van der Waals surface area (Å²) in [5.74, 6) is 3.47. The number of allylic oxidation sites excluding steroid dienone is 1. The third-order valence-corrected chi connectivity index (χ3v) is 8.00. The molecule has 4 rings (SSSR count). The van der Waals surface area contributed by atoms with Crippen LogP contribution < -0.4 is 0 Å². The van der Waals surface area contributed by atoms with Crippen molar-refractivity contribution in [2.45, 2.75) is 77.0 Å². The standard InChI is InChI=1S/C29H37F/c1-3-4-5-22-7-10-23(11-8-22)24-12-14-25(15-13-24)26-16-18-27(19-17-26)28-9-6-21(2)29(30)20-28/h3,6,9,16-20,22-25H,1,4-5,7-8,10-15H2,2H3. The van der Waals surface area contributed by atoms with Crippen LogP contribution in [0.25, 0.3) is 11.1 Å². The monoisotopic (exact) mass is 404 g/mol. The molecular weight excluding hydrogens is 367 g/mol. The van der Waals surface area contributed by atoms with Crippen molar-refractivity contribution in [2.75, 3.05) is 0 Å². The molecular formula is C29H37F. The van der Waals surface area contributed by atoms with Gasteiger partial charge in [0.05, 0.1) is 0 Å². The van der Waals surface area contributed by atoms with Crippen LogP contribution in [0.1, 0.15) is 81.3 Å². The van der Waals surface area contributed by atoms with Crippen molar-refractivity contribution in [2.24, 2.45) is 17.8 Å². The van der Waals surface area contributed by atoms with Crippen LogP contribution in [0.2, 0.25) is 0 Å². The van der Waals surface area contributed by atoms with Gasteiger partial charge in [0, 0.05) is 0 Å². The van der Waals surface area contributed by atoms with E-state index in [2.05, 4.69) is 36.9 Å². The summed E-state index contributed by atoms with van der Waals surface area (Å²) in [6, 6.07) is 14.5. The maximum Gasteiger partial charge on any atom is 0.126 e. The fourth-order valence-electron chi connectivity index (χ4n) is 5.95. The number of rotatable bonds is 6. The lowest BCUT2D eigenvalue weighted by Gasteiger charge is -2.38. The smallest absolute Gasteiger partial charge is 0.126 e. The Morgan fingerprint density at radius 3 is 2.03 bits per heavy atom. The quantitative estimate of drug-likeness (QED) is 0.422. The highest BCUT2D eigenvalue weighted by molar-refractivity contribution is 5.64. The minimum absolute atomic E-state index is 0.121. The van der Waals surface area contributed by atoms with E-state index in [1.807, 2.05) is 19.1 Å². The molecule has 0 spiro atoms. The Balaban J connectivity index is 1.29. The molecule has 0 nitrogen and oxygen atoms in total. The van der Waals surface area contributed by atoms with Gasteiger partial charge < -0.3 is 0 Å². The van der Waals surface area contributed by atoms with Crippen molar-refractivity contribution in [3.05, 3.63) is 72.1 Å². The van der Waals surface area contributed by atoms with Crippen LogP contribution in [-0.4, -0.2) is 0 Å². The summed E-state index contributed by atoms with van der Waals surface area (Å²) in [5.41, 5.74) is 4.26. The zero-order chi connectivity index (χ0) is 20.9. The van der Waals surface area contributed by atoms with E-state index in [0.717, 1.165) is 28.9 Å². The van der Waals surface area contributed by atoms with E-state index < -0.39 is 0 Å². The fourth-order valence-corrected chi connectivity index (χ4v) is 5.95. The zero-order valence-electron chi connectivity index (χ0n) is 18.6. The second kappa shape index (κ2) is 9.94. The lowest BCUT2D eigenvalue weighted by atomic mass is 9.68. The van der Waals surface area contributed by atoms with Gasteiger partial charge in [0.1, 0.15) is 5.82 Å². The van der Waals surface area contributed by atoms with Gasteiger partial charge in [-0.1, -0.05) is 55.3 Å². The fraction of sp³-hybridized carbons (Fsp3) is 0.517. The molecule has 0 aliphatic heterocycles. The molecule has 0 aromatic heterocycles. The molecule has 0 heterocycles. The highest BCUT2D eigenvalue weighted by Gasteiger charge is 2.31. The van der Waals surface area contributed by atoms with Crippen molar-refractivity contribution in [1.82, 2.24) is 0 Å². The molecule has 0 N–H and O–H groups in total. The lowest BCUT2D eigenvalue weighted by Crippen LogP contribution is -2.25. The SMILES string of the molecule is C=CCCC1CCC(C2CCC(c3ccc(-c4ccc(C)c(F)c4)cc3)CC2)CC1. The predicted octanol–water partition coefficient (Wildman–Crippen LogP) is 8.85. The summed E-state index contributed by atoms with van der Waals surface area (Å²) in [6.07, 6.45) is 15.9. The number of hydrogen-bond acceptors (Lipinski definition) is 0. The van der Waals surface area contributed by atoms with Gasteiger partial charge in [-0.2, -0.15) is 0 Å². The Bertz CT molecular complexity index is 818. The molecule has 0 amide bonds. The molecule has 2 saturated carbocycles. The number of aryl methyl sites for hydroxylation is 1. The summed E-state index contributed by atoms with van der Waals surface area (Å²) in [7, 11) is 0. The second-order valence-corrected chi connectivity index (χ2v) is 9.84. The molecule has 1 heteroatoms. The van der Waals surface area contributed by atoms with Crippen molar-refractivity contribution >= 4 is 0 Å². The molecule has 2 aromatic carbocycles. The Hall–Kier alpha value is -1.89. The summed E-state index contributed by atoms with van der Waals surface area (Å²) >= 11 is 0. The van der Waals surface area contributed by atoms with Gasteiger partial charge in [-0.3, -0.25) is 0 Å². The predicted molar refractivity (Wildman–Crippen MR) is 126 cm³/mol. The van der Waals surface area contributed by atoms with Crippen LogP contribution in [0.3, 0.4) is 0 Å². The number of hydrogen-bond donors (Lipinski definition) is 0. The van der Waals surface area contributed by atoms with Crippen LogP contribution >= 0.6 is 0 Å². The van der Waals surface area contributed by atoms with E-state index in [9.17, 15) is 4.39 Å². The van der Waals surface area contributed by atoms with Crippen molar-refractivity contribution in [3.63, 3.8) is 0 Å². The van der Waals surface area contributed by atoms with Crippen LogP contribution in [0.4, 0.5) is 4.39 Å². The first-order valence-corrected chi connectivity index (χ1v) is 12.1. The molecule has 0 unspecified atom stereocenters. The molecule has 2 aliphatic carbocycles. The van der Waals surface area contributed by atoms with Crippen LogP contribution in [0, 0.1) is 30.5 Å². The first-order valence-electron chi connectivity index (χ1n) is 12.1. The van der Waals surface area contributed by atoms with Crippen LogP contribution in [-0.2, 0) is 0 Å². The van der Waals surface area contributed by atoms with Gasteiger partial charge in [0.25, 0.3) is 0 Å². The molecule has 2 aliphatic rings. The summed E-state index contributed by atoms with van der Waals surface area (Å²) in [4.78, 5) is 0. The van der Waals surface area contributed by atoms with Gasteiger partial charge >= 0.3 is 0 Å². The van der Waals surface area contributed by atoms with Gasteiger partial charge in [-0.05, 0) is 110 Å². The van der Waals surface area contributed by atoms with E-state index >= 15 is 0 Å². The molecule has 0 radical (unpaired) electrons. The van der Waals surface area contributed by atoms with Crippen molar-refractivity contribution in [3.8, 4) is 11.1 Å². The maximum atomic E-state index is 13.9. The Kier molecular flexibility index (Phi) is 7.08. The minimum Gasteiger partial charge on any atom is -0.207 e. The third kappa shape index (κ3) is 5.05. The van der Waals surface area contributed by atoms with Crippen LogP contribution in [0.15, 0.2) is 55.1 Å². The van der Waals surface area contributed by atoms with Crippen molar-refractivity contribution in [1.29, 1.82) is 0 Å². The Morgan fingerprint density at radius 2 is 1.43 bits per heavy atom. The summed E-state index contributed by atoms with van der Waals surface area (Å²) in [6.45, 7) is 5.69. The van der Waals surface area contributed by atoms with E-state index in [1.54, 1.807) is 6.07 Å². The maximum absolute atomic E-state index is 13.9. The highest BCUT2D eigenvalue weighted by Crippen LogP contribution is 2.44. The number of benzene rings is 2. The Labute approximate surface area is 182 Å². The first kappa shape index (κ1) is 21.3. The molecule has 2 aromatic rings. The summed E-state index contributed by atoms with van der Waals surface area (Å²) in [5, 5.41) is 0. The van der Waals surface area contributed by atoms with E-state index in [4.69, 9.17) is 0 Å². The van der Waals surface area contributed by atoms with Gasteiger partial charge in [0.15, 0.2) is 0 Å².